The largest absolute Gasteiger partial charge is 0.351 e. The second-order valence-electron chi connectivity index (χ2n) is 6.71. The molecule has 148 valence electrons. The Morgan fingerprint density at radius 1 is 1.10 bits per heavy atom. The van der Waals surface area contributed by atoms with Gasteiger partial charge in [-0.2, -0.15) is 13.9 Å². The monoisotopic (exact) mass is 395 g/mol. The number of nitrogens with zero attached hydrogens (tertiary/aromatic N) is 4. The van der Waals surface area contributed by atoms with Crippen LogP contribution in [0.4, 0.5) is 8.78 Å². The molecule has 2 aromatic heterocycles. The summed E-state index contributed by atoms with van der Waals surface area (Å²) < 4.78 is 29.8. The number of nitrogens with one attached hydrogen (secondary N) is 1. The molecule has 0 aliphatic carbocycles. The number of amides is 1. The average Bonchev–Trinajstić information content (AvgIpc) is 3.39. The quantitative estimate of drug-likeness (QED) is 0.533. The molecule has 4 rings (SSSR count). The molecule has 0 aliphatic heterocycles. The van der Waals surface area contributed by atoms with E-state index in [9.17, 15) is 13.6 Å². The minimum Gasteiger partial charge on any atom is -0.351 e. The predicted molar refractivity (Wildman–Crippen MR) is 105 cm³/mol. The van der Waals surface area contributed by atoms with Crippen molar-refractivity contribution in [1.82, 2.24) is 24.6 Å². The van der Waals surface area contributed by atoms with Crippen LogP contribution in [0.15, 0.2) is 67.0 Å². The van der Waals surface area contributed by atoms with Gasteiger partial charge in [0.15, 0.2) is 0 Å². The van der Waals surface area contributed by atoms with E-state index < -0.39 is 6.55 Å². The van der Waals surface area contributed by atoms with Crippen LogP contribution in [0, 0.1) is 0 Å². The first-order chi connectivity index (χ1) is 14.0. The Labute approximate surface area is 165 Å². The number of benzene rings is 2. The lowest BCUT2D eigenvalue weighted by Gasteiger charge is -2.15. The topological polar surface area (TPSA) is 64.7 Å². The van der Waals surface area contributed by atoms with E-state index >= 15 is 0 Å². The molecule has 2 aromatic carbocycles. The van der Waals surface area contributed by atoms with Gasteiger partial charge in [0, 0.05) is 30.4 Å². The molecule has 0 bridgehead atoms. The highest BCUT2D eigenvalue weighted by atomic mass is 19.3. The van der Waals surface area contributed by atoms with E-state index in [0.717, 1.165) is 10.3 Å². The zero-order chi connectivity index (χ0) is 20.4. The summed E-state index contributed by atoms with van der Waals surface area (Å²) in [6, 6.07) is 15.6. The lowest BCUT2D eigenvalue weighted by atomic mass is 10.1. The number of fused-ring (bicyclic) bond motifs is 1. The maximum Gasteiger partial charge on any atom is 0.320 e. The Morgan fingerprint density at radius 3 is 2.55 bits per heavy atom. The summed E-state index contributed by atoms with van der Waals surface area (Å²) in [5, 5.41) is 6.94. The smallest absolute Gasteiger partial charge is 0.320 e. The van der Waals surface area contributed by atoms with Crippen molar-refractivity contribution in [2.45, 2.75) is 19.4 Å². The molecule has 0 unspecified atom stereocenters. The first-order valence-electron chi connectivity index (χ1n) is 9.18. The number of rotatable bonds is 6. The molecule has 2 heterocycles. The van der Waals surface area contributed by atoms with Crippen molar-refractivity contribution in [3.05, 3.63) is 78.4 Å². The van der Waals surface area contributed by atoms with Gasteiger partial charge in [0.1, 0.15) is 5.82 Å². The summed E-state index contributed by atoms with van der Waals surface area (Å²) >= 11 is 0. The average molecular weight is 395 g/mol. The molecule has 0 fully saturated rings. The van der Waals surface area contributed by atoms with Gasteiger partial charge in [0.2, 0.25) is 0 Å². The fourth-order valence-corrected chi connectivity index (χ4v) is 3.24. The molecule has 1 atom stereocenters. The Bertz CT molecular complexity index is 1120. The van der Waals surface area contributed by atoms with Gasteiger partial charge in [-0.1, -0.05) is 19.1 Å². The fourth-order valence-electron chi connectivity index (χ4n) is 3.24. The zero-order valence-electron chi connectivity index (χ0n) is 15.7. The molecule has 0 saturated carbocycles. The Kier molecular flexibility index (Phi) is 5.07. The molecule has 4 aromatic rings. The number of hydrogen-bond donors (Lipinski definition) is 1. The fraction of sp³-hybridized carbons (Fsp3) is 0.190. The summed E-state index contributed by atoms with van der Waals surface area (Å²) in [4.78, 5) is 16.8. The minimum absolute atomic E-state index is 0.190. The molecule has 0 aliphatic rings. The summed E-state index contributed by atoms with van der Waals surface area (Å²) in [6.07, 6.45) is 3.49. The Morgan fingerprint density at radius 2 is 1.86 bits per heavy atom. The SMILES string of the molecule is C[C@H](CNC(=O)c1ccc(-n2cccn2)cc1)c1nc2ccccc2n1C(F)F. The third kappa shape index (κ3) is 3.73. The van der Waals surface area contributed by atoms with Crippen molar-refractivity contribution < 1.29 is 13.6 Å². The van der Waals surface area contributed by atoms with Crippen molar-refractivity contribution in [3.8, 4) is 5.69 Å². The Hall–Kier alpha value is -3.55. The van der Waals surface area contributed by atoms with Crippen molar-refractivity contribution >= 4 is 16.9 Å². The zero-order valence-corrected chi connectivity index (χ0v) is 15.7. The number of imidazole rings is 1. The molecular formula is C21H19F2N5O. The number of hydrogen-bond acceptors (Lipinski definition) is 3. The second-order valence-corrected chi connectivity index (χ2v) is 6.71. The number of alkyl halides is 2. The Balaban J connectivity index is 1.47. The van der Waals surface area contributed by atoms with Gasteiger partial charge < -0.3 is 5.32 Å². The standard InChI is InChI=1S/C21H19F2N5O/c1-14(19-26-17-5-2-3-6-18(17)28(19)21(22)23)13-24-20(29)15-7-9-16(10-8-15)27-12-4-11-25-27/h2-12,14,21H,13H2,1H3,(H,24,29)/t14-/m1/s1. The number of halogens is 2. The molecule has 29 heavy (non-hydrogen) atoms. The van der Waals surface area contributed by atoms with E-state index in [0.29, 0.717) is 16.6 Å². The third-order valence-electron chi connectivity index (χ3n) is 4.73. The number of para-hydroxylation sites is 2. The van der Waals surface area contributed by atoms with Gasteiger partial charge in [-0.05, 0) is 42.5 Å². The van der Waals surface area contributed by atoms with Gasteiger partial charge in [0.25, 0.3) is 5.91 Å². The molecule has 0 spiro atoms. The normalized spacial score (nSPS) is 12.4. The maximum absolute atomic E-state index is 13.6. The van der Waals surface area contributed by atoms with Crippen LogP contribution in [-0.4, -0.2) is 31.8 Å². The summed E-state index contributed by atoms with van der Waals surface area (Å²) in [5.74, 6) is -0.414. The summed E-state index contributed by atoms with van der Waals surface area (Å²) in [5.41, 5.74) is 2.21. The third-order valence-corrected chi connectivity index (χ3v) is 4.73. The maximum atomic E-state index is 13.6. The van der Waals surface area contributed by atoms with E-state index in [4.69, 9.17) is 0 Å². The van der Waals surface area contributed by atoms with E-state index in [1.165, 1.54) is 0 Å². The predicted octanol–water partition coefficient (Wildman–Crippen LogP) is 4.15. The van der Waals surface area contributed by atoms with Crippen molar-refractivity contribution in [2.24, 2.45) is 0 Å². The highest BCUT2D eigenvalue weighted by Gasteiger charge is 2.22. The summed E-state index contributed by atoms with van der Waals surface area (Å²) in [6.45, 7) is -0.748. The van der Waals surface area contributed by atoms with Gasteiger partial charge in [0.05, 0.1) is 16.7 Å². The molecule has 8 heteroatoms. The lowest BCUT2D eigenvalue weighted by molar-refractivity contribution is 0.0704. The lowest BCUT2D eigenvalue weighted by Crippen LogP contribution is -2.28. The van der Waals surface area contributed by atoms with Crippen LogP contribution >= 0.6 is 0 Å². The van der Waals surface area contributed by atoms with Crippen LogP contribution < -0.4 is 5.32 Å². The van der Waals surface area contributed by atoms with E-state index in [1.807, 2.05) is 12.3 Å². The van der Waals surface area contributed by atoms with Crippen LogP contribution in [0.25, 0.3) is 16.7 Å². The molecule has 1 N–H and O–H groups in total. The van der Waals surface area contributed by atoms with Gasteiger partial charge >= 0.3 is 6.55 Å². The van der Waals surface area contributed by atoms with Crippen LogP contribution in [0.5, 0.6) is 0 Å². The van der Waals surface area contributed by atoms with Crippen LogP contribution in [-0.2, 0) is 0 Å². The van der Waals surface area contributed by atoms with Crippen LogP contribution in [0.2, 0.25) is 0 Å². The number of carbonyl (C=O) groups excluding carboxylic acids is 1. The van der Waals surface area contributed by atoms with Crippen molar-refractivity contribution in [1.29, 1.82) is 0 Å². The highest BCUT2D eigenvalue weighted by Crippen LogP contribution is 2.27. The van der Waals surface area contributed by atoms with E-state index in [1.54, 1.807) is 66.3 Å². The van der Waals surface area contributed by atoms with Gasteiger partial charge in [-0.15, -0.1) is 0 Å². The molecular weight excluding hydrogens is 376 g/mol. The molecule has 1 amide bonds. The van der Waals surface area contributed by atoms with Gasteiger partial charge in [-0.3, -0.25) is 9.36 Å². The molecule has 0 radical (unpaired) electrons. The van der Waals surface area contributed by atoms with Gasteiger partial charge in [-0.25, -0.2) is 9.67 Å². The first kappa shape index (κ1) is 18.8. The molecule has 0 saturated heterocycles. The highest BCUT2D eigenvalue weighted by molar-refractivity contribution is 5.94. The second kappa shape index (κ2) is 7.83. The van der Waals surface area contributed by atoms with E-state index in [2.05, 4.69) is 15.4 Å². The van der Waals surface area contributed by atoms with Crippen molar-refractivity contribution in [2.75, 3.05) is 6.54 Å². The minimum atomic E-state index is -2.70. The van der Waals surface area contributed by atoms with E-state index in [-0.39, 0.29) is 24.2 Å². The first-order valence-corrected chi connectivity index (χ1v) is 9.18. The number of carbonyl (C=O) groups is 1. The number of aromatic nitrogens is 4. The summed E-state index contributed by atoms with van der Waals surface area (Å²) in [7, 11) is 0. The van der Waals surface area contributed by atoms with Crippen LogP contribution in [0.1, 0.15) is 35.6 Å². The van der Waals surface area contributed by atoms with Crippen molar-refractivity contribution in [3.63, 3.8) is 0 Å². The molecule has 6 nitrogen and oxygen atoms in total. The van der Waals surface area contributed by atoms with Crippen LogP contribution in [0.3, 0.4) is 0 Å².